The van der Waals surface area contributed by atoms with Crippen molar-refractivity contribution < 1.29 is 23.4 Å². The first-order valence-corrected chi connectivity index (χ1v) is 8.58. The van der Waals surface area contributed by atoms with E-state index in [0.29, 0.717) is 13.1 Å². The minimum absolute atomic E-state index is 0.0254. The molecule has 8 heteroatoms. The van der Waals surface area contributed by atoms with E-state index in [1.165, 1.54) is 0 Å². The van der Waals surface area contributed by atoms with Gasteiger partial charge in [0.05, 0.1) is 18.8 Å². The molecule has 3 saturated heterocycles. The summed E-state index contributed by atoms with van der Waals surface area (Å²) in [6.07, 6.45) is -1.37. The number of halogens is 2. The van der Waals surface area contributed by atoms with Crippen LogP contribution in [0.25, 0.3) is 0 Å². The van der Waals surface area contributed by atoms with E-state index in [1.807, 2.05) is 11.8 Å². The number of cyclic esters (lactones) is 1. The largest absolute Gasteiger partial charge is 0.441 e. The standard InChI is InChI=1S/C15H16F2N2O3S/c16-11-1-9(19-3-10(4-20)22-14(19)21)2-12(17)13(11)18-5-15(6-18)7-23-8-15/h1-2,10,20H,3-8H2/t10-/m1/s1. The zero-order valence-electron chi connectivity index (χ0n) is 12.3. The summed E-state index contributed by atoms with van der Waals surface area (Å²) in [5.74, 6) is 0.740. The Kier molecular flexibility index (Phi) is 3.42. The summed E-state index contributed by atoms with van der Waals surface area (Å²) in [4.78, 5) is 14.6. The summed E-state index contributed by atoms with van der Waals surface area (Å²) in [5, 5.41) is 9.03. The van der Waals surface area contributed by atoms with Crippen LogP contribution in [0.1, 0.15) is 0 Å². The summed E-state index contributed by atoms with van der Waals surface area (Å²) in [7, 11) is 0. The van der Waals surface area contributed by atoms with E-state index < -0.39 is 23.8 Å². The van der Waals surface area contributed by atoms with Gasteiger partial charge in [-0.2, -0.15) is 11.8 Å². The van der Waals surface area contributed by atoms with Gasteiger partial charge in [0.25, 0.3) is 0 Å². The average molecular weight is 342 g/mol. The lowest BCUT2D eigenvalue weighted by Gasteiger charge is -2.56. The maximum Gasteiger partial charge on any atom is 0.414 e. The molecule has 3 aliphatic heterocycles. The summed E-state index contributed by atoms with van der Waals surface area (Å²) < 4.78 is 33.7. The summed E-state index contributed by atoms with van der Waals surface area (Å²) in [6.45, 7) is 1.10. The highest BCUT2D eigenvalue weighted by atomic mass is 32.2. The molecule has 3 heterocycles. The van der Waals surface area contributed by atoms with Crippen LogP contribution in [0.3, 0.4) is 0 Å². The van der Waals surface area contributed by atoms with Crippen molar-refractivity contribution in [2.75, 3.05) is 47.5 Å². The van der Waals surface area contributed by atoms with Gasteiger partial charge >= 0.3 is 6.09 Å². The van der Waals surface area contributed by atoms with Crippen LogP contribution in [-0.4, -0.2) is 55.1 Å². The van der Waals surface area contributed by atoms with Crippen molar-refractivity contribution in [3.8, 4) is 0 Å². The van der Waals surface area contributed by atoms with Crippen LogP contribution < -0.4 is 9.80 Å². The molecule has 1 aromatic carbocycles. The molecule has 0 unspecified atom stereocenters. The second-order valence-corrected chi connectivity index (χ2v) is 7.39. The molecule has 0 bridgehead atoms. The Morgan fingerprint density at radius 2 is 1.96 bits per heavy atom. The summed E-state index contributed by atoms with van der Waals surface area (Å²) in [6, 6.07) is 2.31. The number of rotatable bonds is 3. The summed E-state index contributed by atoms with van der Waals surface area (Å²) in [5.41, 5.74) is 0.316. The van der Waals surface area contributed by atoms with Gasteiger partial charge in [-0.1, -0.05) is 0 Å². The molecule has 1 atom stereocenters. The van der Waals surface area contributed by atoms with Gasteiger partial charge < -0.3 is 14.7 Å². The molecular weight excluding hydrogens is 326 g/mol. The van der Waals surface area contributed by atoms with Gasteiger partial charge in [-0.3, -0.25) is 4.90 Å². The lowest BCUT2D eigenvalue weighted by atomic mass is 9.82. The van der Waals surface area contributed by atoms with Crippen molar-refractivity contribution in [1.29, 1.82) is 0 Å². The molecule has 0 radical (unpaired) electrons. The van der Waals surface area contributed by atoms with E-state index in [2.05, 4.69) is 0 Å². The minimum Gasteiger partial charge on any atom is -0.441 e. The number of carbonyl (C=O) groups excluding carboxylic acids is 1. The maximum absolute atomic E-state index is 14.4. The number of hydrogen-bond acceptors (Lipinski definition) is 5. The van der Waals surface area contributed by atoms with E-state index >= 15 is 0 Å². The molecule has 3 aliphatic rings. The Bertz CT molecular complexity index is 637. The van der Waals surface area contributed by atoms with Gasteiger partial charge in [-0.15, -0.1) is 0 Å². The number of benzene rings is 1. The number of thioether (sulfide) groups is 1. The molecule has 3 fully saturated rings. The molecule has 1 aromatic rings. The number of nitrogens with zero attached hydrogens (tertiary/aromatic N) is 2. The zero-order valence-corrected chi connectivity index (χ0v) is 13.1. The lowest BCUT2D eigenvalue weighted by Crippen LogP contribution is -2.63. The lowest BCUT2D eigenvalue weighted by molar-refractivity contribution is 0.0963. The Labute approximate surface area is 136 Å². The molecule has 0 saturated carbocycles. The second kappa shape index (κ2) is 5.24. The fourth-order valence-corrected chi connectivity index (χ4v) is 4.48. The van der Waals surface area contributed by atoms with Crippen LogP contribution in [-0.2, 0) is 4.74 Å². The van der Waals surface area contributed by atoms with Gasteiger partial charge in [0, 0.05) is 42.1 Å². The Balaban J connectivity index is 1.56. The Hall–Kier alpha value is -1.54. The van der Waals surface area contributed by atoms with E-state index in [1.54, 1.807) is 4.90 Å². The number of aliphatic hydroxyl groups excluding tert-OH is 1. The highest BCUT2D eigenvalue weighted by Crippen LogP contribution is 2.48. The third-order valence-electron chi connectivity index (χ3n) is 4.58. The second-order valence-electron chi connectivity index (χ2n) is 6.41. The Morgan fingerprint density at radius 1 is 1.30 bits per heavy atom. The molecule has 1 amide bonds. The fourth-order valence-electron chi connectivity index (χ4n) is 3.33. The van der Waals surface area contributed by atoms with Crippen LogP contribution in [0, 0.1) is 17.0 Å². The third-order valence-corrected chi connectivity index (χ3v) is 6.21. The Morgan fingerprint density at radius 3 is 2.43 bits per heavy atom. The zero-order chi connectivity index (χ0) is 16.2. The van der Waals surface area contributed by atoms with Gasteiger partial charge in [0.15, 0.2) is 11.6 Å². The van der Waals surface area contributed by atoms with Crippen LogP contribution >= 0.6 is 11.8 Å². The molecule has 4 rings (SSSR count). The normalized spacial score (nSPS) is 25.3. The SMILES string of the molecule is O=C1O[C@@H](CO)CN1c1cc(F)c(N2CC3(CSC3)C2)c(F)c1. The highest BCUT2D eigenvalue weighted by molar-refractivity contribution is 8.00. The first-order chi connectivity index (χ1) is 11.0. The predicted molar refractivity (Wildman–Crippen MR) is 83.0 cm³/mol. The quantitative estimate of drug-likeness (QED) is 0.908. The molecule has 124 valence electrons. The number of aliphatic hydroxyl groups is 1. The van der Waals surface area contributed by atoms with Gasteiger partial charge in [0.1, 0.15) is 11.8 Å². The highest BCUT2D eigenvalue weighted by Gasteiger charge is 2.49. The molecule has 23 heavy (non-hydrogen) atoms. The predicted octanol–water partition coefficient (Wildman–Crippen LogP) is 1.84. The monoisotopic (exact) mass is 342 g/mol. The number of hydrogen-bond donors (Lipinski definition) is 1. The smallest absolute Gasteiger partial charge is 0.414 e. The van der Waals surface area contributed by atoms with Crippen LogP contribution in [0.15, 0.2) is 12.1 Å². The van der Waals surface area contributed by atoms with Crippen molar-refractivity contribution in [1.82, 2.24) is 0 Å². The molecule has 1 N–H and O–H groups in total. The first kappa shape index (κ1) is 15.0. The van der Waals surface area contributed by atoms with E-state index in [9.17, 15) is 13.6 Å². The van der Waals surface area contributed by atoms with Gasteiger partial charge in [-0.25, -0.2) is 13.6 Å². The van der Waals surface area contributed by atoms with E-state index in [-0.39, 0.29) is 29.9 Å². The number of ether oxygens (including phenoxy) is 1. The average Bonchev–Trinajstić information content (AvgIpc) is 2.79. The van der Waals surface area contributed by atoms with Crippen molar-refractivity contribution in [2.45, 2.75) is 6.10 Å². The molecule has 0 aliphatic carbocycles. The van der Waals surface area contributed by atoms with Crippen molar-refractivity contribution in [3.63, 3.8) is 0 Å². The maximum atomic E-state index is 14.4. The molecule has 1 spiro atoms. The molecule has 5 nitrogen and oxygen atoms in total. The van der Waals surface area contributed by atoms with E-state index in [4.69, 9.17) is 9.84 Å². The topological polar surface area (TPSA) is 53.0 Å². The number of anilines is 2. The minimum atomic E-state index is -0.704. The van der Waals surface area contributed by atoms with Crippen LogP contribution in [0.2, 0.25) is 0 Å². The van der Waals surface area contributed by atoms with Crippen molar-refractivity contribution in [2.24, 2.45) is 5.41 Å². The summed E-state index contributed by atoms with van der Waals surface area (Å²) >= 11 is 1.85. The molecule has 0 aromatic heterocycles. The first-order valence-electron chi connectivity index (χ1n) is 7.42. The fraction of sp³-hybridized carbons (Fsp3) is 0.533. The van der Waals surface area contributed by atoms with Crippen LogP contribution in [0.4, 0.5) is 25.0 Å². The molecular formula is C15H16F2N2O3S. The van der Waals surface area contributed by atoms with Crippen molar-refractivity contribution >= 4 is 29.2 Å². The van der Waals surface area contributed by atoms with E-state index in [0.717, 1.165) is 28.5 Å². The van der Waals surface area contributed by atoms with Crippen LogP contribution in [0.5, 0.6) is 0 Å². The van der Waals surface area contributed by atoms with Crippen molar-refractivity contribution in [3.05, 3.63) is 23.8 Å². The number of amides is 1. The number of carbonyl (C=O) groups is 1. The third kappa shape index (κ3) is 2.35. The van der Waals surface area contributed by atoms with Gasteiger partial charge in [-0.05, 0) is 0 Å². The van der Waals surface area contributed by atoms with Gasteiger partial charge in [0.2, 0.25) is 0 Å².